The lowest BCUT2D eigenvalue weighted by molar-refractivity contribution is 0.0634. The Morgan fingerprint density at radius 3 is 2.82 bits per heavy atom. The van der Waals surface area contributed by atoms with Crippen LogP contribution in [0.15, 0.2) is 48.5 Å². The van der Waals surface area contributed by atoms with Crippen molar-refractivity contribution in [3.8, 4) is 5.75 Å². The normalized spacial score (nSPS) is 16.4. The van der Waals surface area contributed by atoms with Crippen molar-refractivity contribution in [2.75, 3.05) is 40.0 Å². The molecule has 2 aromatic rings. The Morgan fingerprint density at radius 2 is 2.04 bits per heavy atom. The third-order valence-electron chi connectivity index (χ3n) is 4.61. The summed E-state index contributed by atoms with van der Waals surface area (Å²) in [6, 6.07) is 15.0. The van der Waals surface area contributed by atoms with E-state index in [0.29, 0.717) is 42.6 Å². The first-order chi connectivity index (χ1) is 13.2. The van der Waals surface area contributed by atoms with Crippen molar-refractivity contribution in [1.82, 2.24) is 10.2 Å². The Labute approximate surface area is 177 Å². The third kappa shape index (κ3) is 5.61. The van der Waals surface area contributed by atoms with Crippen molar-refractivity contribution >= 4 is 29.9 Å². The molecule has 0 aliphatic carbocycles. The number of nitrogens with one attached hydrogen (secondary N) is 1. The van der Waals surface area contributed by atoms with Gasteiger partial charge in [-0.05, 0) is 29.8 Å². The van der Waals surface area contributed by atoms with E-state index in [9.17, 15) is 4.79 Å². The maximum Gasteiger partial charge on any atom is 0.254 e. The zero-order chi connectivity index (χ0) is 19.1. The molecule has 1 unspecified atom stereocenters. The highest BCUT2D eigenvalue weighted by molar-refractivity contribution is 6.31. The summed E-state index contributed by atoms with van der Waals surface area (Å²) in [6.45, 7) is 3.29. The molecule has 2 aromatic carbocycles. The SMILES string of the molecule is COCCCOc1cccc(C(=O)N2CCNCC2c2ccccc2Cl)c1.Cl. The molecule has 152 valence electrons. The van der Waals surface area contributed by atoms with Crippen LogP contribution in [0.5, 0.6) is 5.75 Å². The summed E-state index contributed by atoms with van der Waals surface area (Å²) < 4.78 is 10.8. The van der Waals surface area contributed by atoms with Crippen molar-refractivity contribution in [1.29, 1.82) is 0 Å². The van der Waals surface area contributed by atoms with E-state index in [1.807, 2.05) is 47.4 Å². The Morgan fingerprint density at radius 1 is 1.21 bits per heavy atom. The van der Waals surface area contributed by atoms with Gasteiger partial charge in [-0.25, -0.2) is 0 Å². The number of halogens is 2. The Hall–Kier alpha value is -1.79. The molecule has 1 aliphatic rings. The van der Waals surface area contributed by atoms with E-state index in [-0.39, 0.29) is 24.4 Å². The molecule has 1 amide bonds. The lowest BCUT2D eigenvalue weighted by atomic mass is 10.0. The molecule has 0 saturated carbocycles. The molecule has 7 heteroatoms. The lowest BCUT2D eigenvalue weighted by Gasteiger charge is -2.37. The first kappa shape index (κ1) is 22.5. The number of piperazine rings is 1. The molecular weight excluding hydrogens is 399 g/mol. The number of hydrogen-bond donors (Lipinski definition) is 1. The molecule has 1 N–H and O–H groups in total. The van der Waals surface area contributed by atoms with Gasteiger partial charge in [-0.1, -0.05) is 35.9 Å². The fraction of sp³-hybridized carbons (Fsp3) is 0.381. The molecule has 0 aromatic heterocycles. The Balaban J connectivity index is 0.00000280. The smallest absolute Gasteiger partial charge is 0.254 e. The van der Waals surface area contributed by atoms with Gasteiger partial charge in [0.1, 0.15) is 5.75 Å². The van der Waals surface area contributed by atoms with Crippen LogP contribution in [0.1, 0.15) is 28.4 Å². The van der Waals surface area contributed by atoms with Crippen LogP contribution in [0.25, 0.3) is 0 Å². The molecule has 0 spiro atoms. The summed E-state index contributed by atoms with van der Waals surface area (Å²) in [6.07, 6.45) is 0.807. The molecule has 3 rings (SSSR count). The van der Waals surface area contributed by atoms with Gasteiger partial charge in [0.15, 0.2) is 0 Å². The minimum absolute atomic E-state index is 0. The lowest BCUT2D eigenvalue weighted by Crippen LogP contribution is -2.48. The summed E-state index contributed by atoms with van der Waals surface area (Å²) in [7, 11) is 1.67. The standard InChI is InChI=1S/C21H25ClN2O3.ClH/c1-26-12-5-13-27-17-7-4-6-16(14-17)21(25)24-11-10-23-15-20(24)18-8-2-3-9-19(18)22;/h2-4,6-9,14,20,23H,5,10-13,15H2,1H3;1H. The fourth-order valence-corrected chi connectivity index (χ4v) is 3.51. The largest absolute Gasteiger partial charge is 0.493 e. The maximum atomic E-state index is 13.2. The van der Waals surface area contributed by atoms with Crippen molar-refractivity contribution in [3.05, 3.63) is 64.7 Å². The highest BCUT2D eigenvalue weighted by Gasteiger charge is 2.29. The minimum Gasteiger partial charge on any atom is -0.493 e. The highest BCUT2D eigenvalue weighted by atomic mass is 35.5. The Bertz CT molecular complexity index is 773. The monoisotopic (exact) mass is 424 g/mol. The first-order valence-corrected chi connectivity index (χ1v) is 9.56. The predicted molar refractivity (Wildman–Crippen MR) is 114 cm³/mol. The van der Waals surface area contributed by atoms with E-state index in [0.717, 1.165) is 18.5 Å². The molecule has 28 heavy (non-hydrogen) atoms. The van der Waals surface area contributed by atoms with E-state index in [1.54, 1.807) is 13.2 Å². The topological polar surface area (TPSA) is 50.8 Å². The van der Waals surface area contributed by atoms with Gasteiger partial charge >= 0.3 is 0 Å². The van der Waals surface area contributed by atoms with E-state index in [1.165, 1.54) is 0 Å². The number of hydrogen-bond acceptors (Lipinski definition) is 4. The molecule has 1 heterocycles. The van der Waals surface area contributed by atoms with Crippen LogP contribution in [-0.2, 0) is 4.74 Å². The highest BCUT2D eigenvalue weighted by Crippen LogP contribution is 2.30. The second-order valence-electron chi connectivity index (χ2n) is 6.46. The first-order valence-electron chi connectivity index (χ1n) is 9.18. The van der Waals surface area contributed by atoms with Gasteiger partial charge in [0.25, 0.3) is 5.91 Å². The van der Waals surface area contributed by atoms with Gasteiger partial charge in [0.2, 0.25) is 0 Å². The van der Waals surface area contributed by atoms with Crippen LogP contribution in [0.2, 0.25) is 5.02 Å². The van der Waals surface area contributed by atoms with Crippen LogP contribution >= 0.6 is 24.0 Å². The van der Waals surface area contributed by atoms with Crippen molar-refractivity contribution in [2.24, 2.45) is 0 Å². The Kier molecular flexibility index (Phi) is 9.06. The van der Waals surface area contributed by atoms with E-state index in [2.05, 4.69) is 5.32 Å². The van der Waals surface area contributed by atoms with E-state index in [4.69, 9.17) is 21.1 Å². The van der Waals surface area contributed by atoms with E-state index >= 15 is 0 Å². The molecule has 0 radical (unpaired) electrons. The van der Waals surface area contributed by atoms with Crippen molar-refractivity contribution in [3.63, 3.8) is 0 Å². The van der Waals surface area contributed by atoms with Crippen molar-refractivity contribution in [2.45, 2.75) is 12.5 Å². The van der Waals surface area contributed by atoms with Gasteiger partial charge in [-0.2, -0.15) is 0 Å². The molecule has 0 bridgehead atoms. The second kappa shape index (κ2) is 11.3. The number of nitrogens with zero attached hydrogens (tertiary/aromatic N) is 1. The van der Waals surface area contributed by atoms with Gasteiger partial charge in [0, 0.05) is 50.4 Å². The number of benzene rings is 2. The molecule has 1 saturated heterocycles. The minimum atomic E-state index is -0.0915. The van der Waals surface area contributed by atoms with Crippen LogP contribution in [0.3, 0.4) is 0 Å². The zero-order valence-electron chi connectivity index (χ0n) is 15.9. The summed E-state index contributed by atoms with van der Waals surface area (Å²) in [5, 5.41) is 4.04. The van der Waals surface area contributed by atoms with Gasteiger partial charge in [0.05, 0.1) is 12.6 Å². The van der Waals surface area contributed by atoms with Gasteiger partial charge < -0.3 is 19.7 Å². The van der Waals surface area contributed by atoms with Crippen LogP contribution < -0.4 is 10.1 Å². The second-order valence-corrected chi connectivity index (χ2v) is 6.87. The number of carbonyl (C=O) groups excluding carboxylic acids is 1. The van der Waals surface area contributed by atoms with E-state index < -0.39 is 0 Å². The average Bonchev–Trinajstić information content (AvgIpc) is 2.71. The van der Waals surface area contributed by atoms with Crippen LogP contribution in [0, 0.1) is 0 Å². The fourth-order valence-electron chi connectivity index (χ4n) is 3.25. The quantitative estimate of drug-likeness (QED) is 0.683. The van der Waals surface area contributed by atoms with Crippen LogP contribution in [0.4, 0.5) is 0 Å². The van der Waals surface area contributed by atoms with Gasteiger partial charge in [-0.3, -0.25) is 4.79 Å². The summed E-state index contributed by atoms with van der Waals surface area (Å²) in [5.74, 6) is 0.685. The number of ether oxygens (including phenoxy) is 2. The zero-order valence-corrected chi connectivity index (χ0v) is 17.5. The molecule has 1 fully saturated rings. The molecule has 5 nitrogen and oxygen atoms in total. The summed E-state index contributed by atoms with van der Waals surface area (Å²) >= 11 is 6.39. The van der Waals surface area contributed by atoms with Gasteiger partial charge in [-0.15, -0.1) is 12.4 Å². The number of amides is 1. The average molecular weight is 425 g/mol. The molecular formula is C21H26Cl2N2O3. The number of rotatable bonds is 7. The molecule has 1 aliphatic heterocycles. The summed E-state index contributed by atoms with van der Waals surface area (Å²) in [5.41, 5.74) is 1.59. The predicted octanol–water partition coefficient (Wildman–Crippen LogP) is 3.96. The third-order valence-corrected chi connectivity index (χ3v) is 4.96. The molecule has 1 atom stereocenters. The van der Waals surface area contributed by atoms with Crippen LogP contribution in [-0.4, -0.2) is 50.8 Å². The number of carbonyl (C=O) groups is 1. The van der Waals surface area contributed by atoms with Crippen molar-refractivity contribution < 1.29 is 14.3 Å². The summed E-state index contributed by atoms with van der Waals surface area (Å²) in [4.78, 5) is 15.1. The number of methoxy groups -OCH3 is 1. The maximum absolute atomic E-state index is 13.2.